The number of anilines is 2. The summed E-state index contributed by atoms with van der Waals surface area (Å²) in [7, 11) is 0. The SMILES string of the molecule is Cl.NC(=O)c1cc(-c2ncc(-c3cn[nH]c3)c3onc(N)c23)c(F)cc1N. The summed E-state index contributed by atoms with van der Waals surface area (Å²) >= 11 is 0. The zero-order valence-electron chi connectivity index (χ0n) is 13.6. The first-order valence-electron chi connectivity index (χ1n) is 7.39. The molecule has 3 aromatic heterocycles. The van der Waals surface area contributed by atoms with Crippen LogP contribution >= 0.6 is 12.4 Å². The zero-order valence-corrected chi connectivity index (χ0v) is 14.4. The van der Waals surface area contributed by atoms with Gasteiger partial charge in [0.15, 0.2) is 11.4 Å². The molecule has 11 heteroatoms. The van der Waals surface area contributed by atoms with Crippen LogP contribution in [-0.4, -0.2) is 26.2 Å². The first kappa shape index (κ1) is 18.1. The van der Waals surface area contributed by atoms with E-state index in [2.05, 4.69) is 20.3 Å². The number of nitrogens with one attached hydrogen (secondary N) is 1. The van der Waals surface area contributed by atoms with Gasteiger partial charge in [0, 0.05) is 34.8 Å². The second kappa shape index (κ2) is 6.57. The van der Waals surface area contributed by atoms with Crippen LogP contribution in [0.15, 0.2) is 35.2 Å². The molecule has 0 unspecified atom stereocenters. The molecule has 0 fully saturated rings. The van der Waals surface area contributed by atoms with Crippen LogP contribution in [-0.2, 0) is 0 Å². The highest BCUT2D eigenvalue weighted by atomic mass is 35.5. The standard InChI is InChI=1S/C16H12FN7O2.ClH/c17-10-2-11(18)8(16(20)25)1-7(10)13-12-14(26-24-15(12)19)9(5-21-13)6-3-22-23-4-6;/h1-5H,18H2,(H2,19,24)(H2,20,25)(H,22,23);1H. The number of primary amides is 1. The molecule has 0 spiro atoms. The van der Waals surface area contributed by atoms with Gasteiger partial charge in [0.05, 0.1) is 22.8 Å². The maximum atomic E-state index is 14.5. The van der Waals surface area contributed by atoms with E-state index in [0.29, 0.717) is 22.1 Å². The molecule has 0 saturated carbocycles. The number of aromatic nitrogens is 4. The predicted molar refractivity (Wildman–Crippen MR) is 99.4 cm³/mol. The van der Waals surface area contributed by atoms with E-state index in [0.717, 1.165) is 6.07 Å². The minimum Gasteiger partial charge on any atom is -0.398 e. The van der Waals surface area contributed by atoms with Crippen molar-refractivity contribution in [2.75, 3.05) is 11.5 Å². The number of hydrogen-bond donors (Lipinski definition) is 4. The molecule has 4 rings (SSSR count). The van der Waals surface area contributed by atoms with Gasteiger partial charge in [-0.25, -0.2) is 4.39 Å². The third kappa shape index (κ3) is 2.81. The van der Waals surface area contributed by atoms with Gasteiger partial charge in [0.1, 0.15) is 5.82 Å². The Labute approximate surface area is 157 Å². The van der Waals surface area contributed by atoms with Crippen molar-refractivity contribution in [1.82, 2.24) is 20.3 Å². The van der Waals surface area contributed by atoms with Crippen LogP contribution < -0.4 is 17.2 Å². The van der Waals surface area contributed by atoms with Gasteiger partial charge in [0.2, 0.25) is 0 Å². The number of hydrogen-bond acceptors (Lipinski definition) is 7. The largest absolute Gasteiger partial charge is 0.398 e. The summed E-state index contributed by atoms with van der Waals surface area (Å²) in [5.74, 6) is -1.43. The van der Waals surface area contributed by atoms with Crippen LogP contribution in [0.2, 0.25) is 0 Å². The predicted octanol–water partition coefficient (Wildman–Crippen LogP) is 2.10. The number of fused-ring (bicyclic) bond motifs is 1. The lowest BCUT2D eigenvalue weighted by Gasteiger charge is -2.09. The van der Waals surface area contributed by atoms with Crippen LogP contribution in [0.5, 0.6) is 0 Å². The maximum Gasteiger partial charge on any atom is 0.250 e. The molecule has 0 aliphatic heterocycles. The third-order valence-corrected chi connectivity index (χ3v) is 3.99. The van der Waals surface area contributed by atoms with Crippen molar-refractivity contribution in [2.45, 2.75) is 0 Å². The van der Waals surface area contributed by atoms with Gasteiger partial charge in [-0.3, -0.25) is 14.9 Å². The van der Waals surface area contributed by atoms with Crippen LogP contribution in [0.3, 0.4) is 0 Å². The fourth-order valence-corrected chi connectivity index (χ4v) is 2.76. The first-order valence-corrected chi connectivity index (χ1v) is 7.39. The van der Waals surface area contributed by atoms with Crippen molar-refractivity contribution >= 4 is 40.8 Å². The number of pyridine rings is 1. The second-order valence-corrected chi connectivity index (χ2v) is 5.56. The molecule has 0 bridgehead atoms. The Kier molecular flexibility index (Phi) is 4.42. The average Bonchev–Trinajstić information content (AvgIpc) is 3.25. The average molecular weight is 390 g/mol. The van der Waals surface area contributed by atoms with E-state index < -0.39 is 11.7 Å². The Bertz CT molecular complexity index is 1160. The molecule has 7 N–H and O–H groups in total. The first-order chi connectivity index (χ1) is 12.5. The second-order valence-electron chi connectivity index (χ2n) is 5.56. The lowest BCUT2D eigenvalue weighted by Crippen LogP contribution is -2.14. The number of nitrogen functional groups attached to an aromatic ring is 2. The minimum absolute atomic E-state index is 0. The normalized spacial score (nSPS) is 10.7. The molecule has 27 heavy (non-hydrogen) atoms. The van der Waals surface area contributed by atoms with Gasteiger partial charge in [-0.2, -0.15) is 5.10 Å². The highest BCUT2D eigenvalue weighted by Gasteiger charge is 2.22. The number of halogens is 2. The number of rotatable bonds is 3. The number of carbonyl (C=O) groups excluding carboxylic acids is 1. The number of amides is 1. The van der Waals surface area contributed by atoms with E-state index in [1.807, 2.05) is 0 Å². The third-order valence-electron chi connectivity index (χ3n) is 3.99. The molecule has 4 aromatic rings. The number of nitrogens with zero attached hydrogens (tertiary/aromatic N) is 3. The molecular weight excluding hydrogens is 377 g/mol. The van der Waals surface area contributed by atoms with Crippen molar-refractivity contribution in [2.24, 2.45) is 5.73 Å². The van der Waals surface area contributed by atoms with Crippen molar-refractivity contribution in [3.8, 4) is 22.4 Å². The van der Waals surface area contributed by atoms with Gasteiger partial charge >= 0.3 is 0 Å². The van der Waals surface area contributed by atoms with E-state index in [1.54, 1.807) is 12.4 Å². The van der Waals surface area contributed by atoms with Gasteiger partial charge in [-0.1, -0.05) is 5.16 Å². The van der Waals surface area contributed by atoms with Gasteiger partial charge < -0.3 is 21.7 Å². The summed E-state index contributed by atoms with van der Waals surface area (Å²) in [4.78, 5) is 15.8. The van der Waals surface area contributed by atoms with Gasteiger partial charge in [-0.15, -0.1) is 12.4 Å². The number of nitrogens with two attached hydrogens (primary N) is 3. The number of benzene rings is 1. The van der Waals surface area contributed by atoms with Crippen LogP contribution in [0.4, 0.5) is 15.9 Å². The van der Waals surface area contributed by atoms with Crippen molar-refractivity contribution in [3.63, 3.8) is 0 Å². The number of aromatic amines is 1. The molecule has 3 heterocycles. The van der Waals surface area contributed by atoms with Crippen LogP contribution in [0.25, 0.3) is 33.4 Å². The van der Waals surface area contributed by atoms with Crippen LogP contribution in [0.1, 0.15) is 10.4 Å². The fourth-order valence-electron chi connectivity index (χ4n) is 2.76. The topological polar surface area (TPSA) is 163 Å². The summed E-state index contributed by atoms with van der Waals surface area (Å²) in [6.07, 6.45) is 4.69. The van der Waals surface area contributed by atoms with Gasteiger partial charge in [-0.05, 0) is 12.1 Å². The Morgan fingerprint density at radius 2 is 1.96 bits per heavy atom. The molecule has 9 nitrogen and oxygen atoms in total. The highest BCUT2D eigenvalue weighted by molar-refractivity contribution is 6.06. The Balaban J connectivity index is 0.00000210. The maximum absolute atomic E-state index is 14.5. The van der Waals surface area contributed by atoms with E-state index in [-0.39, 0.29) is 40.7 Å². The summed E-state index contributed by atoms with van der Waals surface area (Å²) in [5, 5.41) is 10.6. The van der Waals surface area contributed by atoms with E-state index >= 15 is 0 Å². The molecule has 1 aromatic carbocycles. The zero-order chi connectivity index (χ0) is 18.4. The summed E-state index contributed by atoms with van der Waals surface area (Å²) in [5.41, 5.74) is 18.5. The van der Waals surface area contributed by atoms with Crippen molar-refractivity contribution < 1.29 is 13.7 Å². The molecule has 0 aliphatic rings. The fraction of sp³-hybridized carbons (Fsp3) is 0. The Hall–Kier alpha value is -3.66. The lowest BCUT2D eigenvalue weighted by atomic mass is 10.0. The smallest absolute Gasteiger partial charge is 0.250 e. The molecule has 0 atom stereocenters. The van der Waals surface area contributed by atoms with Crippen molar-refractivity contribution in [3.05, 3.63) is 42.1 Å². The molecule has 0 aliphatic carbocycles. The Morgan fingerprint density at radius 3 is 2.63 bits per heavy atom. The molecule has 0 radical (unpaired) electrons. The lowest BCUT2D eigenvalue weighted by molar-refractivity contribution is 0.100. The van der Waals surface area contributed by atoms with Gasteiger partial charge in [0.25, 0.3) is 5.91 Å². The highest BCUT2D eigenvalue weighted by Crippen LogP contribution is 2.38. The summed E-state index contributed by atoms with van der Waals surface area (Å²) in [6.45, 7) is 0. The molecule has 0 saturated heterocycles. The summed E-state index contributed by atoms with van der Waals surface area (Å²) < 4.78 is 19.9. The van der Waals surface area contributed by atoms with E-state index in [1.165, 1.54) is 12.3 Å². The van der Waals surface area contributed by atoms with Crippen LogP contribution in [0, 0.1) is 5.82 Å². The molecule has 1 amide bonds. The monoisotopic (exact) mass is 389 g/mol. The Morgan fingerprint density at radius 1 is 1.19 bits per heavy atom. The van der Waals surface area contributed by atoms with E-state index in [9.17, 15) is 9.18 Å². The van der Waals surface area contributed by atoms with Crippen molar-refractivity contribution in [1.29, 1.82) is 0 Å². The molecular formula is C16H13ClFN7O2. The number of carbonyl (C=O) groups is 1. The van der Waals surface area contributed by atoms with E-state index in [4.69, 9.17) is 21.7 Å². The molecule has 138 valence electrons. The summed E-state index contributed by atoms with van der Waals surface area (Å²) in [6, 6.07) is 2.25. The quantitative estimate of drug-likeness (QED) is 0.390. The minimum atomic E-state index is -0.784. The number of H-pyrrole nitrogens is 1.